The molecule has 0 fully saturated rings. The van der Waals surface area contributed by atoms with E-state index in [9.17, 15) is 19.7 Å². The maximum Gasteiger partial charge on any atom is 0.338 e. The van der Waals surface area contributed by atoms with Crippen molar-refractivity contribution >= 4 is 39.2 Å². The van der Waals surface area contributed by atoms with Crippen LogP contribution in [0.3, 0.4) is 0 Å². The van der Waals surface area contributed by atoms with Gasteiger partial charge in [-0.05, 0) is 29.0 Å². The van der Waals surface area contributed by atoms with Crippen LogP contribution in [0, 0.1) is 10.1 Å². The highest BCUT2D eigenvalue weighted by Gasteiger charge is 2.16. The molecule has 1 aliphatic rings. The molecule has 3 aromatic carbocycles. The summed E-state index contributed by atoms with van der Waals surface area (Å²) in [6.07, 6.45) is 2.17. The Labute approximate surface area is 136 Å². The predicted molar refractivity (Wildman–Crippen MR) is 88.3 cm³/mol. The second-order valence-electron chi connectivity index (χ2n) is 5.00. The number of rotatable bonds is 1. The maximum absolute atomic E-state index is 11.2. The summed E-state index contributed by atoms with van der Waals surface area (Å²) in [4.78, 5) is 30.8. The number of hydrogen-bond donors (Lipinski definition) is 0. The molecule has 6 heteroatoms. The zero-order valence-corrected chi connectivity index (χ0v) is 12.3. The number of carbonyl (C=O) groups excluding carboxylic acids is 2. The first-order valence-electron chi connectivity index (χ1n) is 7.05. The van der Waals surface area contributed by atoms with Gasteiger partial charge in [-0.25, -0.2) is 9.59 Å². The molecule has 0 saturated heterocycles. The number of nitrogens with zero attached hydrogens (tertiary/aromatic N) is 1. The second kappa shape index (κ2) is 6.29. The Kier molecular flexibility index (Phi) is 4.03. The van der Waals surface area contributed by atoms with Crippen LogP contribution in [-0.2, 0) is 14.3 Å². The lowest BCUT2D eigenvalue weighted by Gasteiger charge is -2.04. The topological polar surface area (TPSA) is 86.5 Å². The van der Waals surface area contributed by atoms with Gasteiger partial charge in [0.1, 0.15) is 0 Å². The third-order valence-electron chi connectivity index (χ3n) is 3.48. The molecule has 24 heavy (non-hydrogen) atoms. The van der Waals surface area contributed by atoms with Gasteiger partial charge < -0.3 is 4.74 Å². The molecule has 0 radical (unpaired) electrons. The summed E-state index contributed by atoms with van der Waals surface area (Å²) in [5.74, 6) is -1.16. The van der Waals surface area contributed by atoms with Crippen molar-refractivity contribution < 1.29 is 19.2 Å². The van der Waals surface area contributed by atoms with Gasteiger partial charge in [-0.3, -0.25) is 10.1 Å². The first kappa shape index (κ1) is 15.4. The minimum absolute atomic E-state index is 0.193. The van der Waals surface area contributed by atoms with Crippen LogP contribution in [0.15, 0.2) is 66.7 Å². The summed E-state index contributed by atoms with van der Waals surface area (Å²) < 4.78 is 3.97. The zero-order chi connectivity index (χ0) is 17.1. The number of ether oxygens (including phenoxy) is 1. The number of nitro benzene ring substituents is 1. The Morgan fingerprint density at radius 3 is 1.62 bits per heavy atom. The van der Waals surface area contributed by atoms with Crippen molar-refractivity contribution in [2.75, 3.05) is 0 Å². The van der Waals surface area contributed by atoms with Gasteiger partial charge in [0.2, 0.25) is 0 Å². The Hall–Kier alpha value is -3.54. The molecule has 0 bridgehead atoms. The van der Waals surface area contributed by atoms with Crippen LogP contribution in [0.25, 0.3) is 21.5 Å². The summed E-state index contributed by atoms with van der Waals surface area (Å²) in [7, 11) is 0. The SMILES string of the molecule is O=C1C=CC(=O)O1.O=[N+]([O-])c1c2ccccc2cc2ccccc12. The molecule has 0 aliphatic carbocycles. The standard InChI is InChI=1S/C14H9NO2.C4H2O3/c16-15(17)14-12-7-3-1-5-10(12)9-11-6-2-4-8-13(11)14;5-3-1-2-4(6)7-3/h1-9H;1-2H. The molecule has 1 heterocycles. The number of fused-ring (bicyclic) bond motifs is 2. The van der Waals surface area contributed by atoms with E-state index in [4.69, 9.17) is 0 Å². The maximum atomic E-state index is 11.2. The van der Waals surface area contributed by atoms with Crippen LogP contribution >= 0.6 is 0 Å². The zero-order valence-electron chi connectivity index (χ0n) is 12.3. The molecule has 0 aromatic heterocycles. The van der Waals surface area contributed by atoms with E-state index in [1.807, 2.05) is 42.5 Å². The lowest BCUT2D eigenvalue weighted by atomic mass is 10.0. The molecule has 0 N–H and O–H groups in total. The van der Waals surface area contributed by atoms with E-state index in [0.29, 0.717) is 10.8 Å². The minimum Gasteiger partial charge on any atom is -0.387 e. The van der Waals surface area contributed by atoms with Crippen molar-refractivity contribution in [2.45, 2.75) is 0 Å². The molecule has 1 aliphatic heterocycles. The fraction of sp³-hybridized carbons (Fsp3) is 0. The Bertz CT molecular complexity index is 937. The first-order chi connectivity index (χ1) is 11.6. The summed E-state index contributed by atoms with van der Waals surface area (Å²) in [5.41, 5.74) is 0.193. The summed E-state index contributed by atoms with van der Waals surface area (Å²) in [6, 6.07) is 16.8. The number of benzene rings is 3. The van der Waals surface area contributed by atoms with Crippen LogP contribution in [0.5, 0.6) is 0 Å². The Morgan fingerprint density at radius 2 is 1.25 bits per heavy atom. The first-order valence-corrected chi connectivity index (χ1v) is 7.05. The smallest absolute Gasteiger partial charge is 0.338 e. The van der Waals surface area contributed by atoms with Crippen molar-refractivity contribution in [3.63, 3.8) is 0 Å². The average molecular weight is 321 g/mol. The molecule has 0 unspecified atom stereocenters. The number of carbonyl (C=O) groups is 2. The van der Waals surface area contributed by atoms with Gasteiger partial charge in [0.25, 0.3) is 5.69 Å². The van der Waals surface area contributed by atoms with Crippen LogP contribution < -0.4 is 0 Å². The average Bonchev–Trinajstić information content (AvgIpc) is 2.95. The Balaban J connectivity index is 0.000000203. The molecule has 0 amide bonds. The van der Waals surface area contributed by atoms with Gasteiger partial charge in [-0.2, -0.15) is 0 Å². The molecular weight excluding hydrogens is 310 g/mol. The highest BCUT2D eigenvalue weighted by atomic mass is 16.6. The molecule has 4 rings (SSSR count). The number of esters is 2. The lowest BCUT2D eigenvalue weighted by molar-refractivity contribution is -0.381. The van der Waals surface area contributed by atoms with Gasteiger partial charge in [0, 0.05) is 12.2 Å². The molecular formula is C18H11NO5. The van der Waals surface area contributed by atoms with Crippen molar-refractivity contribution in [1.29, 1.82) is 0 Å². The van der Waals surface area contributed by atoms with E-state index in [-0.39, 0.29) is 10.6 Å². The fourth-order valence-electron chi connectivity index (χ4n) is 2.49. The summed E-state index contributed by atoms with van der Waals surface area (Å²) in [6.45, 7) is 0. The van der Waals surface area contributed by atoms with Crippen molar-refractivity contribution in [3.8, 4) is 0 Å². The highest BCUT2D eigenvalue weighted by molar-refractivity contribution is 6.08. The number of hydrogen-bond acceptors (Lipinski definition) is 5. The second-order valence-corrected chi connectivity index (χ2v) is 5.00. The van der Waals surface area contributed by atoms with E-state index >= 15 is 0 Å². The normalized spacial score (nSPS) is 12.8. The third-order valence-corrected chi connectivity index (χ3v) is 3.48. The molecule has 0 saturated carbocycles. The third kappa shape index (κ3) is 2.98. The van der Waals surface area contributed by atoms with Crippen LogP contribution in [0.2, 0.25) is 0 Å². The van der Waals surface area contributed by atoms with E-state index in [1.165, 1.54) is 0 Å². The number of non-ortho nitro benzene ring substituents is 1. The van der Waals surface area contributed by atoms with E-state index in [1.54, 1.807) is 12.1 Å². The van der Waals surface area contributed by atoms with Gasteiger partial charge in [-0.1, -0.05) is 36.4 Å². The van der Waals surface area contributed by atoms with Crippen LogP contribution in [0.4, 0.5) is 5.69 Å². The van der Waals surface area contributed by atoms with Crippen molar-refractivity contribution in [3.05, 3.63) is 76.9 Å². The molecule has 0 atom stereocenters. The van der Waals surface area contributed by atoms with Gasteiger partial charge in [0.15, 0.2) is 0 Å². The van der Waals surface area contributed by atoms with Gasteiger partial charge in [0.05, 0.1) is 15.7 Å². The van der Waals surface area contributed by atoms with Crippen molar-refractivity contribution in [2.24, 2.45) is 0 Å². The number of nitro groups is 1. The summed E-state index contributed by atoms with van der Waals surface area (Å²) in [5, 5.41) is 14.4. The van der Waals surface area contributed by atoms with E-state index in [2.05, 4.69) is 4.74 Å². The number of cyclic esters (lactones) is 2. The molecule has 3 aromatic rings. The fourth-order valence-corrected chi connectivity index (χ4v) is 2.49. The van der Waals surface area contributed by atoms with Crippen molar-refractivity contribution in [1.82, 2.24) is 0 Å². The van der Waals surface area contributed by atoms with E-state index in [0.717, 1.165) is 22.9 Å². The molecule has 0 spiro atoms. The largest absolute Gasteiger partial charge is 0.387 e. The lowest BCUT2D eigenvalue weighted by Crippen LogP contribution is -1.96. The monoisotopic (exact) mass is 321 g/mol. The predicted octanol–water partition coefficient (Wildman–Crippen LogP) is 3.53. The Morgan fingerprint density at radius 1 is 0.792 bits per heavy atom. The van der Waals surface area contributed by atoms with Crippen LogP contribution in [-0.4, -0.2) is 16.9 Å². The minimum atomic E-state index is -0.579. The summed E-state index contributed by atoms with van der Waals surface area (Å²) >= 11 is 0. The van der Waals surface area contributed by atoms with Gasteiger partial charge >= 0.3 is 11.9 Å². The molecule has 6 nitrogen and oxygen atoms in total. The van der Waals surface area contributed by atoms with E-state index < -0.39 is 11.9 Å². The van der Waals surface area contributed by atoms with Crippen LogP contribution in [0.1, 0.15) is 0 Å². The molecule has 118 valence electrons. The highest BCUT2D eigenvalue weighted by Crippen LogP contribution is 2.33. The van der Waals surface area contributed by atoms with Gasteiger partial charge in [-0.15, -0.1) is 0 Å². The quantitative estimate of drug-likeness (QED) is 0.225.